The summed E-state index contributed by atoms with van der Waals surface area (Å²) in [5.74, 6) is -0.815. The first-order chi connectivity index (χ1) is 13.0. The zero-order valence-electron chi connectivity index (χ0n) is 15.6. The fraction of sp³-hybridized carbons (Fsp3) is 0.474. The largest absolute Gasteiger partial charge is 0.495 e. The van der Waals surface area contributed by atoms with Gasteiger partial charge in [-0.1, -0.05) is 5.57 Å². The van der Waals surface area contributed by atoms with Crippen LogP contribution in [0.3, 0.4) is 0 Å². The second-order valence-corrected chi connectivity index (χ2v) is 6.66. The average Bonchev–Trinajstić information content (AvgIpc) is 3.12. The number of methoxy groups -OCH3 is 2. The van der Waals surface area contributed by atoms with E-state index in [1.54, 1.807) is 4.90 Å². The fourth-order valence-electron chi connectivity index (χ4n) is 3.74. The maximum absolute atomic E-state index is 13.0. The number of carbonyl (C=O) groups is 2. The van der Waals surface area contributed by atoms with Crippen LogP contribution in [0.15, 0.2) is 17.8 Å². The number of rotatable bonds is 4. The normalized spacial score (nSPS) is 22.6. The summed E-state index contributed by atoms with van der Waals surface area (Å²) in [7, 11) is 3.00. The highest BCUT2D eigenvalue weighted by Gasteiger charge is 2.40. The van der Waals surface area contributed by atoms with E-state index < -0.39 is 17.6 Å². The van der Waals surface area contributed by atoms with E-state index in [-0.39, 0.29) is 6.04 Å². The van der Waals surface area contributed by atoms with Gasteiger partial charge in [0.05, 0.1) is 32.4 Å². The minimum Gasteiger partial charge on any atom is -0.495 e. The molecule has 1 N–H and O–H groups in total. The summed E-state index contributed by atoms with van der Waals surface area (Å²) < 4.78 is 10.6. The van der Waals surface area contributed by atoms with Crippen LogP contribution in [0.4, 0.5) is 5.69 Å². The van der Waals surface area contributed by atoms with E-state index in [0.29, 0.717) is 48.8 Å². The molecule has 1 amide bonds. The zero-order chi connectivity index (χ0) is 19.6. The number of ether oxygens (including phenoxy) is 2. The van der Waals surface area contributed by atoms with Crippen molar-refractivity contribution in [2.24, 2.45) is 0 Å². The van der Waals surface area contributed by atoms with Crippen LogP contribution in [0, 0.1) is 11.3 Å². The molecule has 2 aliphatic heterocycles. The molecule has 2 atom stereocenters. The Morgan fingerprint density at radius 1 is 1.41 bits per heavy atom. The van der Waals surface area contributed by atoms with Gasteiger partial charge in [0.1, 0.15) is 11.4 Å². The fourth-order valence-corrected chi connectivity index (χ4v) is 3.74. The summed E-state index contributed by atoms with van der Waals surface area (Å²) in [5.41, 5.74) is 2.21. The lowest BCUT2D eigenvalue weighted by Crippen LogP contribution is -2.47. The van der Waals surface area contributed by atoms with E-state index >= 15 is 0 Å². The molecule has 0 aromatic carbocycles. The van der Waals surface area contributed by atoms with Gasteiger partial charge in [-0.3, -0.25) is 9.59 Å². The molecule has 1 saturated heterocycles. The topological polar surface area (TPSA) is 105 Å². The van der Waals surface area contributed by atoms with Crippen LogP contribution in [0.1, 0.15) is 31.2 Å². The molecule has 0 aliphatic carbocycles. The predicted octanol–water partition coefficient (Wildman–Crippen LogP) is 1.64. The highest BCUT2D eigenvalue weighted by atomic mass is 16.5. The second-order valence-electron chi connectivity index (χ2n) is 6.66. The van der Waals surface area contributed by atoms with Gasteiger partial charge >= 0.3 is 0 Å². The molecule has 3 heterocycles. The molecular formula is C19H22N4O4. The summed E-state index contributed by atoms with van der Waals surface area (Å²) in [4.78, 5) is 31.7. The van der Waals surface area contributed by atoms with Gasteiger partial charge in [-0.25, -0.2) is 4.98 Å². The quantitative estimate of drug-likeness (QED) is 0.634. The molecule has 0 spiro atoms. The third-order valence-electron chi connectivity index (χ3n) is 5.11. The molecule has 1 aromatic rings. The lowest BCUT2D eigenvalue weighted by molar-refractivity contribution is -0.147. The summed E-state index contributed by atoms with van der Waals surface area (Å²) in [6, 6.07) is 1.90. The minimum atomic E-state index is -0.650. The number of allylic oxidation sites excluding steroid dienone is 1. The van der Waals surface area contributed by atoms with Crippen LogP contribution in [0.2, 0.25) is 0 Å². The number of piperidine rings is 1. The molecule has 8 nitrogen and oxygen atoms in total. The number of amides is 1. The highest BCUT2D eigenvalue weighted by molar-refractivity contribution is 6.38. The molecular weight excluding hydrogens is 348 g/mol. The third-order valence-corrected chi connectivity index (χ3v) is 5.11. The Balaban J connectivity index is 1.84. The van der Waals surface area contributed by atoms with Gasteiger partial charge in [-0.15, -0.1) is 0 Å². The van der Waals surface area contributed by atoms with Crippen molar-refractivity contribution in [3.63, 3.8) is 0 Å². The number of aromatic nitrogens is 1. The van der Waals surface area contributed by atoms with Gasteiger partial charge in [-0.05, 0) is 19.8 Å². The van der Waals surface area contributed by atoms with Crippen LogP contribution in [-0.4, -0.2) is 54.9 Å². The maximum atomic E-state index is 13.0. The number of hydrogen-bond acceptors (Lipinski definition) is 7. The third kappa shape index (κ3) is 3.33. The van der Waals surface area contributed by atoms with E-state index in [4.69, 9.17) is 14.7 Å². The molecule has 1 aromatic heterocycles. The minimum absolute atomic E-state index is 0.127. The van der Waals surface area contributed by atoms with Crippen molar-refractivity contribution in [2.45, 2.75) is 31.7 Å². The number of Topliss-reactive ketones (excluding diaryl/α,β-unsaturated/α-hetero) is 1. The average molecular weight is 370 g/mol. The standard InChI is InChI=1S/C19H22N4O4/c1-11-8-12(4-6-20)5-7-23(11)19(25)17(24)13-9-21-16-15(13)14(26-2)10-22-18(16)27-3/h4,10-11,13,21H,5,7-9H2,1-3H3/b12-4+. The Hall–Kier alpha value is -3.08. The number of nitrogens with one attached hydrogen (secondary N) is 1. The first-order valence-electron chi connectivity index (χ1n) is 8.78. The van der Waals surface area contributed by atoms with Crippen LogP contribution in [-0.2, 0) is 9.59 Å². The van der Waals surface area contributed by atoms with Crippen LogP contribution in [0.5, 0.6) is 11.6 Å². The van der Waals surface area contributed by atoms with Crippen molar-refractivity contribution in [1.29, 1.82) is 5.26 Å². The van der Waals surface area contributed by atoms with E-state index in [1.165, 1.54) is 26.5 Å². The van der Waals surface area contributed by atoms with E-state index in [1.807, 2.05) is 13.0 Å². The van der Waals surface area contributed by atoms with Crippen molar-refractivity contribution >= 4 is 17.4 Å². The first kappa shape index (κ1) is 18.7. The van der Waals surface area contributed by atoms with Crippen LogP contribution < -0.4 is 14.8 Å². The smallest absolute Gasteiger partial charge is 0.290 e. The number of nitrogens with zero attached hydrogens (tertiary/aromatic N) is 3. The molecule has 3 rings (SSSR count). The van der Waals surface area contributed by atoms with Crippen LogP contribution >= 0.6 is 0 Å². The number of anilines is 1. The van der Waals surface area contributed by atoms with Gasteiger partial charge in [-0.2, -0.15) is 5.26 Å². The molecule has 142 valence electrons. The van der Waals surface area contributed by atoms with Gasteiger partial charge in [0.15, 0.2) is 0 Å². The number of ketones is 1. The van der Waals surface area contributed by atoms with Gasteiger partial charge in [0.25, 0.3) is 5.91 Å². The molecule has 1 fully saturated rings. The molecule has 27 heavy (non-hydrogen) atoms. The molecule has 8 heteroatoms. The molecule has 0 bridgehead atoms. The van der Waals surface area contributed by atoms with E-state index in [2.05, 4.69) is 10.3 Å². The Kier molecular flexibility index (Phi) is 5.31. The van der Waals surface area contributed by atoms with E-state index in [9.17, 15) is 9.59 Å². The number of likely N-dealkylation sites (tertiary alicyclic amines) is 1. The molecule has 2 aliphatic rings. The van der Waals surface area contributed by atoms with Crippen molar-refractivity contribution in [2.75, 3.05) is 32.6 Å². The Bertz CT molecular complexity index is 843. The lowest BCUT2D eigenvalue weighted by atomic mass is 9.93. The van der Waals surface area contributed by atoms with Crippen molar-refractivity contribution in [1.82, 2.24) is 9.88 Å². The lowest BCUT2D eigenvalue weighted by Gasteiger charge is -2.34. The summed E-state index contributed by atoms with van der Waals surface area (Å²) in [5, 5.41) is 11.9. The van der Waals surface area contributed by atoms with E-state index in [0.717, 1.165) is 5.57 Å². The number of nitriles is 1. The van der Waals surface area contributed by atoms with Crippen molar-refractivity contribution < 1.29 is 19.1 Å². The summed E-state index contributed by atoms with van der Waals surface area (Å²) in [6.07, 6.45) is 4.24. The second kappa shape index (κ2) is 7.66. The predicted molar refractivity (Wildman–Crippen MR) is 97.7 cm³/mol. The SMILES string of the molecule is COc1cnc(OC)c2c1C(C(=O)C(=O)N1CC/C(=C\C#N)CC1C)CN2. The maximum Gasteiger partial charge on any atom is 0.290 e. The number of carbonyl (C=O) groups excluding carboxylic acids is 2. The van der Waals surface area contributed by atoms with Crippen molar-refractivity contribution in [3.8, 4) is 17.7 Å². The van der Waals surface area contributed by atoms with Gasteiger partial charge in [0.2, 0.25) is 11.7 Å². The Morgan fingerprint density at radius 3 is 2.81 bits per heavy atom. The molecule has 0 radical (unpaired) electrons. The van der Waals surface area contributed by atoms with Gasteiger partial charge in [0, 0.05) is 30.8 Å². The Morgan fingerprint density at radius 2 is 2.19 bits per heavy atom. The summed E-state index contributed by atoms with van der Waals surface area (Å²) in [6.45, 7) is 2.62. The van der Waals surface area contributed by atoms with Gasteiger partial charge < -0.3 is 19.7 Å². The van der Waals surface area contributed by atoms with Crippen molar-refractivity contribution in [3.05, 3.63) is 23.4 Å². The molecule has 0 saturated carbocycles. The van der Waals surface area contributed by atoms with Crippen LogP contribution in [0.25, 0.3) is 0 Å². The molecule has 2 unspecified atom stereocenters. The first-order valence-corrected chi connectivity index (χ1v) is 8.78. The number of pyridine rings is 1. The number of fused-ring (bicyclic) bond motifs is 1. The summed E-state index contributed by atoms with van der Waals surface area (Å²) >= 11 is 0. The zero-order valence-corrected chi connectivity index (χ0v) is 15.6. The Labute approximate surface area is 157 Å². The number of hydrogen-bond donors (Lipinski definition) is 1. The monoisotopic (exact) mass is 370 g/mol. The highest BCUT2D eigenvalue weighted by Crippen LogP contribution is 2.43.